The summed E-state index contributed by atoms with van der Waals surface area (Å²) in [6, 6.07) is 6.09. The van der Waals surface area contributed by atoms with Crippen LogP contribution in [0.25, 0.3) is 21.9 Å². The Hall–Kier alpha value is -3.07. The Labute approximate surface area is 194 Å². The molecule has 0 bridgehead atoms. The first-order valence-corrected chi connectivity index (χ1v) is 11.0. The Bertz CT molecular complexity index is 1430. The lowest BCUT2D eigenvalue weighted by Crippen LogP contribution is -2.40. The number of fused-ring (bicyclic) bond motifs is 2. The third-order valence-corrected chi connectivity index (χ3v) is 6.86. The molecular formula is C24H23ClFN5O2. The molecule has 0 radical (unpaired) electrons. The first-order chi connectivity index (χ1) is 15.7. The molecule has 5 rings (SSSR count). The van der Waals surface area contributed by atoms with Gasteiger partial charge in [0.2, 0.25) is 0 Å². The van der Waals surface area contributed by atoms with E-state index < -0.39 is 23.6 Å². The van der Waals surface area contributed by atoms with Gasteiger partial charge in [-0.1, -0.05) is 17.7 Å². The zero-order valence-electron chi connectivity index (χ0n) is 18.1. The number of hydrogen-bond acceptors (Lipinski definition) is 6. The van der Waals surface area contributed by atoms with Crippen LogP contribution < -0.4 is 5.73 Å². The van der Waals surface area contributed by atoms with Gasteiger partial charge in [0, 0.05) is 17.0 Å². The summed E-state index contributed by atoms with van der Waals surface area (Å²) in [4.78, 5) is 12.8. The van der Waals surface area contributed by atoms with Crippen molar-refractivity contribution >= 4 is 39.4 Å². The molecule has 0 saturated carbocycles. The number of rotatable bonds is 4. The van der Waals surface area contributed by atoms with Crippen molar-refractivity contribution in [3.8, 4) is 0 Å². The minimum atomic E-state index is -1.44. The van der Waals surface area contributed by atoms with Crippen LogP contribution in [-0.2, 0) is 6.42 Å². The molecule has 0 fully saturated rings. The van der Waals surface area contributed by atoms with Crippen LogP contribution in [0.5, 0.6) is 0 Å². The van der Waals surface area contributed by atoms with E-state index in [1.165, 1.54) is 18.5 Å². The van der Waals surface area contributed by atoms with Crippen LogP contribution in [0.1, 0.15) is 30.6 Å². The normalized spacial score (nSPS) is 22.9. The Morgan fingerprint density at radius 1 is 1.21 bits per heavy atom. The molecule has 0 saturated heterocycles. The molecule has 9 heteroatoms. The molecule has 170 valence electrons. The minimum absolute atomic E-state index is 0.145. The molecule has 3 atom stereocenters. The first kappa shape index (κ1) is 21.8. The van der Waals surface area contributed by atoms with Crippen LogP contribution in [0.15, 0.2) is 48.4 Å². The monoisotopic (exact) mass is 467 g/mol. The highest BCUT2D eigenvalue weighted by molar-refractivity contribution is 6.33. The van der Waals surface area contributed by atoms with Gasteiger partial charge in [-0.15, -0.1) is 0 Å². The molecule has 0 aliphatic heterocycles. The van der Waals surface area contributed by atoms with Gasteiger partial charge in [-0.05, 0) is 62.1 Å². The molecule has 1 aromatic carbocycles. The van der Waals surface area contributed by atoms with Crippen molar-refractivity contribution in [2.24, 2.45) is 0 Å². The topological polar surface area (TPSA) is 110 Å². The Balaban J connectivity index is 1.45. The van der Waals surface area contributed by atoms with Gasteiger partial charge in [-0.3, -0.25) is 0 Å². The van der Waals surface area contributed by atoms with Gasteiger partial charge in [0.1, 0.15) is 35.3 Å². The van der Waals surface area contributed by atoms with Gasteiger partial charge in [0.25, 0.3) is 0 Å². The Kier molecular flexibility index (Phi) is 5.12. The number of aliphatic hydroxyl groups is 2. The van der Waals surface area contributed by atoms with Gasteiger partial charge < -0.3 is 20.5 Å². The average Bonchev–Trinajstić information content (AvgIpc) is 3.28. The van der Waals surface area contributed by atoms with Crippen molar-refractivity contribution in [1.82, 2.24) is 19.5 Å². The van der Waals surface area contributed by atoms with Gasteiger partial charge in [0.15, 0.2) is 0 Å². The second-order valence-electron chi connectivity index (χ2n) is 8.69. The lowest BCUT2D eigenvalue weighted by molar-refractivity contribution is -0.0393. The number of nitrogens with two attached hydrogens (primary N) is 1. The summed E-state index contributed by atoms with van der Waals surface area (Å²) in [7, 11) is 0. The van der Waals surface area contributed by atoms with E-state index in [4.69, 9.17) is 17.3 Å². The summed E-state index contributed by atoms with van der Waals surface area (Å²) in [5, 5.41) is 23.5. The number of benzene rings is 1. The average molecular weight is 468 g/mol. The molecular weight excluding hydrogens is 445 g/mol. The van der Waals surface area contributed by atoms with E-state index in [0.29, 0.717) is 40.5 Å². The highest BCUT2D eigenvalue weighted by Gasteiger charge is 2.45. The standard InChI is InChI=1S/C24H23ClFN5O2/c1-12-15-5-6-31(23(15)29-11-28-12)20-9-14(24(2,33)21(20)32)4-3-13-7-18(26)16-10-17(25)22(27)30-19(16)8-13/h5-11,20-21,32-33H,3-4H2,1-2H3,(H2,27,30). The molecule has 3 heterocycles. The molecule has 0 amide bonds. The van der Waals surface area contributed by atoms with E-state index in [2.05, 4.69) is 15.0 Å². The van der Waals surface area contributed by atoms with E-state index in [1.807, 2.05) is 29.8 Å². The SMILES string of the molecule is Cc1ncnc2c1ccn2C1C=C(CCc2cc(F)c3cc(Cl)c(N)nc3c2)C(C)(O)C1O. The number of anilines is 1. The number of nitrogen functional groups attached to an aromatic ring is 1. The summed E-state index contributed by atoms with van der Waals surface area (Å²) in [6.45, 7) is 3.50. The summed E-state index contributed by atoms with van der Waals surface area (Å²) < 4.78 is 16.5. The van der Waals surface area contributed by atoms with Crippen LogP contribution in [0.3, 0.4) is 0 Å². The number of aliphatic hydroxyl groups excluding tert-OH is 1. The predicted octanol–water partition coefficient (Wildman–Crippen LogP) is 3.89. The fourth-order valence-corrected chi connectivity index (χ4v) is 4.75. The number of pyridine rings is 1. The van der Waals surface area contributed by atoms with Gasteiger partial charge in [-0.25, -0.2) is 19.3 Å². The third kappa shape index (κ3) is 3.55. The third-order valence-electron chi connectivity index (χ3n) is 6.56. The van der Waals surface area contributed by atoms with Crippen LogP contribution in [0.4, 0.5) is 10.2 Å². The van der Waals surface area contributed by atoms with E-state index in [1.54, 1.807) is 13.0 Å². The van der Waals surface area contributed by atoms with Gasteiger partial charge in [0.05, 0.1) is 22.3 Å². The van der Waals surface area contributed by atoms with E-state index >= 15 is 0 Å². The molecule has 3 aromatic heterocycles. The summed E-state index contributed by atoms with van der Waals surface area (Å²) in [5.74, 6) is -0.290. The number of nitrogens with zero attached hydrogens (tertiary/aromatic N) is 4. The molecule has 4 aromatic rings. The highest BCUT2D eigenvalue weighted by Crippen LogP contribution is 2.41. The number of aryl methyl sites for hydroxylation is 2. The lowest BCUT2D eigenvalue weighted by atomic mass is 9.90. The van der Waals surface area contributed by atoms with Crippen molar-refractivity contribution in [3.63, 3.8) is 0 Å². The maximum Gasteiger partial charge on any atom is 0.144 e. The second kappa shape index (κ2) is 7.76. The van der Waals surface area contributed by atoms with Gasteiger partial charge in [-0.2, -0.15) is 0 Å². The lowest BCUT2D eigenvalue weighted by Gasteiger charge is -2.28. The van der Waals surface area contributed by atoms with Crippen LogP contribution in [0, 0.1) is 12.7 Å². The summed E-state index contributed by atoms with van der Waals surface area (Å²) in [6.07, 6.45) is 5.02. The fourth-order valence-electron chi connectivity index (χ4n) is 4.60. The maximum atomic E-state index is 14.6. The van der Waals surface area contributed by atoms with Crippen molar-refractivity contribution < 1.29 is 14.6 Å². The molecule has 0 spiro atoms. The van der Waals surface area contributed by atoms with Crippen molar-refractivity contribution in [3.05, 3.63) is 70.5 Å². The number of hydrogen-bond donors (Lipinski definition) is 3. The zero-order chi connectivity index (χ0) is 23.5. The second-order valence-corrected chi connectivity index (χ2v) is 9.10. The van der Waals surface area contributed by atoms with Crippen LogP contribution in [-0.4, -0.2) is 41.4 Å². The first-order valence-electron chi connectivity index (χ1n) is 10.6. The smallest absolute Gasteiger partial charge is 0.144 e. The van der Waals surface area contributed by atoms with E-state index in [-0.39, 0.29) is 10.8 Å². The van der Waals surface area contributed by atoms with Crippen LogP contribution >= 0.6 is 11.6 Å². The van der Waals surface area contributed by atoms with E-state index in [0.717, 1.165) is 11.1 Å². The fraction of sp³-hybridized carbons (Fsp3) is 0.292. The predicted molar refractivity (Wildman–Crippen MR) is 125 cm³/mol. The summed E-state index contributed by atoms with van der Waals surface area (Å²) >= 11 is 5.97. The van der Waals surface area contributed by atoms with Gasteiger partial charge >= 0.3 is 0 Å². The maximum absolute atomic E-state index is 14.6. The van der Waals surface area contributed by atoms with Crippen LogP contribution in [0.2, 0.25) is 5.02 Å². The quantitative estimate of drug-likeness (QED) is 0.393. The summed E-state index contributed by atoms with van der Waals surface area (Å²) in [5.41, 5.74) is 7.68. The Morgan fingerprint density at radius 3 is 2.79 bits per heavy atom. The minimum Gasteiger partial charge on any atom is -0.387 e. The molecule has 7 nitrogen and oxygen atoms in total. The molecule has 3 unspecified atom stereocenters. The van der Waals surface area contributed by atoms with Crippen molar-refractivity contribution in [2.75, 3.05) is 5.73 Å². The number of aromatic nitrogens is 4. The van der Waals surface area contributed by atoms with E-state index in [9.17, 15) is 14.6 Å². The largest absolute Gasteiger partial charge is 0.387 e. The van der Waals surface area contributed by atoms with Crippen molar-refractivity contribution in [2.45, 2.75) is 44.4 Å². The molecule has 33 heavy (non-hydrogen) atoms. The zero-order valence-corrected chi connectivity index (χ0v) is 18.9. The van der Waals surface area contributed by atoms with Crippen molar-refractivity contribution in [1.29, 1.82) is 0 Å². The Morgan fingerprint density at radius 2 is 2.00 bits per heavy atom. The number of halogens is 2. The molecule has 1 aliphatic carbocycles. The molecule has 4 N–H and O–H groups in total. The molecule has 1 aliphatic rings. The highest BCUT2D eigenvalue weighted by atomic mass is 35.5.